The summed E-state index contributed by atoms with van der Waals surface area (Å²) in [6.07, 6.45) is 1.39. The minimum absolute atomic E-state index is 0.0752. The lowest BCUT2D eigenvalue weighted by molar-refractivity contribution is -0.150. The van der Waals surface area contributed by atoms with Crippen LogP contribution in [-0.2, 0) is 34.4 Å². The van der Waals surface area contributed by atoms with Crippen molar-refractivity contribution >= 4 is 68.1 Å². The number of anilines is 1. The van der Waals surface area contributed by atoms with E-state index in [4.69, 9.17) is 23.3 Å². The summed E-state index contributed by atoms with van der Waals surface area (Å²) < 4.78 is 31.6. The summed E-state index contributed by atoms with van der Waals surface area (Å²) in [5, 5.41) is 16.5. The summed E-state index contributed by atoms with van der Waals surface area (Å²) >= 11 is 2.34. The van der Waals surface area contributed by atoms with Gasteiger partial charge >= 0.3 is 22.3 Å². The van der Waals surface area contributed by atoms with Crippen LogP contribution in [0.1, 0.15) is 12.6 Å². The van der Waals surface area contributed by atoms with Crippen LogP contribution in [0, 0.1) is 0 Å². The molecule has 1 aromatic rings. The van der Waals surface area contributed by atoms with E-state index in [1.165, 1.54) is 23.2 Å². The molecule has 1 saturated heterocycles. The molecule has 0 aliphatic carbocycles. The summed E-state index contributed by atoms with van der Waals surface area (Å²) in [7, 11) is -4.67. The Hall–Kier alpha value is -3.32. The van der Waals surface area contributed by atoms with Gasteiger partial charge in [-0.3, -0.25) is 23.6 Å². The van der Waals surface area contributed by atoms with E-state index in [1.54, 1.807) is 0 Å². The molecule has 0 bridgehead atoms. The number of aromatic nitrogens is 1. The summed E-state index contributed by atoms with van der Waals surface area (Å²) in [5.41, 5.74) is 5.58. The second kappa shape index (κ2) is 10.7. The summed E-state index contributed by atoms with van der Waals surface area (Å²) in [5.74, 6) is -3.08. The molecule has 2 amide bonds. The topological polar surface area (TPSA) is 239 Å². The van der Waals surface area contributed by atoms with Gasteiger partial charge in [0.2, 0.25) is 0 Å². The molecule has 2 aliphatic rings. The number of fused-ring (bicyclic) bond motifs is 1. The third kappa shape index (κ3) is 6.60. The van der Waals surface area contributed by atoms with Gasteiger partial charge in [-0.15, -0.1) is 23.1 Å². The average Bonchev–Trinajstić information content (AvgIpc) is 3.15. The van der Waals surface area contributed by atoms with Gasteiger partial charge in [0.15, 0.2) is 10.8 Å². The number of nitrogens with one attached hydrogen (secondary N) is 1. The lowest BCUT2D eigenvalue weighted by atomic mass is 10.0. The van der Waals surface area contributed by atoms with Gasteiger partial charge in [-0.05, 0) is 5.57 Å². The molecule has 1 unspecified atom stereocenters. The van der Waals surface area contributed by atoms with Crippen molar-refractivity contribution in [3.05, 3.63) is 35.0 Å². The number of rotatable bonds is 6. The predicted octanol–water partition coefficient (Wildman–Crippen LogP) is -0.736. The van der Waals surface area contributed by atoms with E-state index in [0.29, 0.717) is 11.3 Å². The Labute approximate surface area is 199 Å². The van der Waals surface area contributed by atoms with Gasteiger partial charge in [0, 0.05) is 18.1 Å². The van der Waals surface area contributed by atoms with Gasteiger partial charge in [-0.25, -0.2) is 14.6 Å². The van der Waals surface area contributed by atoms with Gasteiger partial charge in [0.25, 0.3) is 11.8 Å². The summed E-state index contributed by atoms with van der Waals surface area (Å²) in [6, 6.07) is -0.980. The second-order valence-electron chi connectivity index (χ2n) is 6.29. The van der Waals surface area contributed by atoms with Crippen molar-refractivity contribution in [2.75, 3.05) is 11.5 Å². The molecule has 2 atom stereocenters. The Balaban J connectivity index is 0.000000739. The van der Waals surface area contributed by atoms with Crippen LogP contribution >= 0.6 is 23.1 Å². The SMILES string of the molecule is C=CC1=C(C(=O)O)N2C(=O)C(NC(=O)/C(=N/OC(C)=O)c3csc(N)n3)[C@H]2SC1.O=S(=O)(O)O. The molecule has 18 heteroatoms. The lowest BCUT2D eigenvalue weighted by Gasteiger charge is -2.49. The minimum Gasteiger partial charge on any atom is -0.477 e. The van der Waals surface area contributed by atoms with E-state index < -0.39 is 45.6 Å². The Morgan fingerprint density at radius 2 is 2.03 bits per heavy atom. The maximum absolute atomic E-state index is 12.7. The van der Waals surface area contributed by atoms with E-state index in [-0.39, 0.29) is 22.2 Å². The number of nitrogens with two attached hydrogens (primary N) is 1. The maximum Gasteiger partial charge on any atom is 0.394 e. The smallest absolute Gasteiger partial charge is 0.394 e. The van der Waals surface area contributed by atoms with E-state index in [2.05, 4.69) is 26.9 Å². The normalized spacial score (nSPS) is 19.8. The number of carbonyl (C=O) groups excluding carboxylic acids is 3. The van der Waals surface area contributed by atoms with Crippen molar-refractivity contribution in [1.82, 2.24) is 15.2 Å². The molecule has 1 aromatic heterocycles. The zero-order valence-electron chi connectivity index (χ0n) is 17.1. The van der Waals surface area contributed by atoms with Crippen LogP contribution in [0.25, 0.3) is 0 Å². The van der Waals surface area contributed by atoms with Gasteiger partial charge in [0.1, 0.15) is 22.8 Å². The molecule has 0 aromatic carbocycles. The van der Waals surface area contributed by atoms with Gasteiger partial charge < -0.3 is 21.0 Å². The number of nitrogens with zero attached hydrogens (tertiary/aromatic N) is 3. The highest BCUT2D eigenvalue weighted by atomic mass is 32.3. The highest BCUT2D eigenvalue weighted by molar-refractivity contribution is 8.00. The molecule has 34 heavy (non-hydrogen) atoms. The third-order valence-corrected chi connectivity index (χ3v) is 5.95. The molecule has 3 heterocycles. The van der Waals surface area contributed by atoms with E-state index >= 15 is 0 Å². The number of hydrogen-bond donors (Lipinski definition) is 5. The first-order chi connectivity index (χ1) is 15.7. The largest absolute Gasteiger partial charge is 0.477 e. The minimum atomic E-state index is -4.67. The zero-order valence-corrected chi connectivity index (χ0v) is 19.5. The number of thiazole rings is 1. The maximum atomic E-state index is 12.7. The van der Waals surface area contributed by atoms with E-state index in [0.717, 1.165) is 23.2 Å². The number of allylic oxidation sites excluding steroid dienone is 1. The molecule has 0 saturated carbocycles. The second-order valence-corrected chi connectivity index (χ2v) is 9.18. The Kier molecular flexibility index (Phi) is 8.51. The van der Waals surface area contributed by atoms with Crippen molar-refractivity contribution in [2.45, 2.75) is 18.3 Å². The van der Waals surface area contributed by atoms with Crippen molar-refractivity contribution in [2.24, 2.45) is 5.16 Å². The zero-order chi connectivity index (χ0) is 25.8. The van der Waals surface area contributed by atoms with Crippen LogP contribution in [0.15, 0.2) is 34.5 Å². The number of carbonyl (C=O) groups is 4. The molecule has 2 aliphatic heterocycles. The van der Waals surface area contributed by atoms with Crippen LogP contribution in [0.3, 0.4) is 0 Å². The molecule has 0 radical (unpaired) electrons. The number of aliphatic carboxylic acids is 1. The van der Waals surface area contributed by atoms with Crippen LogP contribution < -0.4 is 11.1 Å². The fourth-order valence-corrected chi connectivity index (χ4v) is 4.61. The van der Waals surface area contributed by atoms with E-state index in [9.17, 15) is 24.3 Å². The molecule has 184 valence electrons. The number of oxime groups is 1. The first kappa shape index (κ1) is 26.9. The predicted molar refractivity (Wildman–Crippen MR) is 119 cm³/mol. The van der Waals surface area contributed by atoms with Crippen LogP contribution in [-0.4, -0.2) is 79.1 Å². The number of amides is 2. The fourth-order valence-electron chi connectivity index (χ4n) is 2.72. The average molecular weight is 536 g/mol. The van der Waals surface area contributed by atoms with Crippen LogP contribution in [0.4, 0.5) is 5.13 Å². The molecular weight excluding hydrogens is 518 g/mol. The Morgan fingerprint density at radius 3 is 2.50 bits per heavy atom. The Morgan fingerprint density at radius 1 is 1.41 bits per heavy atom. The van der Waals surface area contributed by atoms with Gasteiger partial charge in [-0.1, -0.05) is 17.8 Å². The van der Waals surface area contributed by atoms with Crippen molar-refractivity contribution in [3.63, 3.8) is 0 Å². The fraction of sp³-hybridized carbons (Fsp3) is 0.250. The molecular formula is C16H17N5O10S3. The molecule has 1 fully saturated rings. The monoisotopic (exact) mass is 535 g/mol. The number of thioether (sulfide) groups is 1. The van der Waals surface area contributed by atoms with Gasteiger partial charge in [0.05, 0.1) is 0 Å². The first-order valence-electron chi connectivity index (χ1n) is 8.75. The molecule has 3 rings (SSSR count). The number of nitrogen functional groups attached to an aromatic ring is 1. The summed E-state index contributed by atoms with van der Waals surface area (Å²) in [4.78, 5) is 57.4. The third-order valence-electron chi connectivity index (χ3n) is 3.98. The highest BCUT2D eigenvalue weighted by Crippen LogP contribution is 2.40. The Bertz CT molecular complexity index is 1200. The van der Waals surface area contributed by atoms with Crippen molar-refractivity contribution < 1.29 is 46.6 Å². The number of hydrogen-bond acceptors (Lipinski definition) is 12. The number of carboxylic acid groups (broad SMARTS) is 1. The standard InChI is InChI=1S/C16H15N5O6S2.H2O4S/c1-3-7-4-28-14-10(13(24)21(14)11(7)15(25)26)19-12(23)9(20-27-6(2)22)8-5-29-16(17)18-8;1-5(2,3)4/h3,5,10,14H,1,4H2,2H3,(H2,17,18)(H,19,23)(H,25,26);(H2,1,2,3,4)/b20-9+;/t10?,14-;/m1./s1. The summed E-state index contributed by atoms with van der Waals surface area (Å²) in [6.45, 7) is 4.68. The lowest BCUT2D eigenvalue weighted by Crippen LogP contribution is -2.71. The number of carboxylic acids is 1. The molecule has 6 N–H and O–H groups in total. The van der Waals surface area contributed by atoms with Crippen molar-refractivity contribution in [3.8, 4) is 0 Å². The van der Waals surface area contributed by atoms with Crippen LogP contribution in [0.2, 0.25) is 0 Å². The number of β-lactam (4-membered cyclic amide) rings is 1. The molecule has 15 nitrogen and oxygen atoms in total. The van der Waals surface area contributed by atoms with Crippen molar-refractivity contribution in [1.29, 1.82) is 0 Å². The quantitative estimate of drug-likeness (QED) is 0.0993. The highest BCUT2D eigenvalue weighted by Gasteiger charge is 2.54. The van der Waals surface area contributed by atoms with Crippen LogP contribution in [0.5, 0.6) is 0 Å². The molecule has 0 spiro atoms. The van der Waals surface area contributed by atoms with Gasteiger partial charge in [-0.2, -0.15) is 8.42 Å². The first-order valence-corrected chi connectivity index (χ1v) is 12.1. The van der Waals surface area contributed by atoms with E-state index in [1.807, 2.05) is 0 Å².